The van der Waals surface area contributed by atoms with Crippen LogP contribution in [-0.2, 0) is 4.79 Å². The second-order valence-electron chi connectivity index (χ2n) is 5.19. The number of nitrogens with two attached hydrogens (primary N) is 1. The lowest BCUT2D eigenvalue weighted by atomic mass is 10.1. The number of carbonyl (C=O) groups is 1. The van der Waals surface area contributed by atoms with E-state index >= 15 is 0 Å². The number of rotatable bonds is 5. The van der Waals surface area contributed by atoms with E-state index in [0.29, 0.717) is 10.3 Å². The molecule has 2 heterocycles. The van der Waals surface area contributed by atoms with Crippen molar-refractivity contribution in [3.8, 4) is 17.3 Å². The second kappa shape index (κ2) is 7.95. The number of thiazole rings is 1. The maximum absolute atomic E-state index is 12.1. The molecule has 0 fully saturated rings. The molecule has 2 aromatic heterocycles. The van der Waals surface area contributed by atoms with Gasteiger partial charge in [0.05, 0.1) is 17.6 Å². The smallest absolute Gasteiger partial charge is 0.236 e. The highest BCUT2D eigenvalue weighted by atomic mass is 32.2. The molecule has 0 spiro atoms. The fourth-order valence-electron chi connectivity index (χ4n) is 2.13. The zero-order valence-electron chi connectivity index (χ0n) is 13.8. The molecule has 9 heteroatoms. The minimum atomic E-state index is -0.213. The molecule has 0 saturated heterocycles. The maximum atomic E-state index is 12.1. The normalized spacial score (nSPS) is 10.3. The van der Waals surface area contributed by atoms with Crippen LogP contribution in [0.4, 0.5) is 10.9 Å². The van der Waals surface area contributed by atoms with E-state index in [2.05, 4.69) is 20.3 Å². The Balaban J connectivity index is 1.62. The first kappa shape index (κ1) is 17.8. The maximum Gasteiger partial charge on any atom is 0.236 e. The molecule has 1 aromatic carbocycles. The number of aryl methyl sites for hydroxylation is 1. The van der Waals surface area contributed by atoms with Gasteiger partial charge in [-0.05, 0) is 6.92 Å². The molecule has 3 N–H and O–H groups in total. The minimum absolute atomic E-state index is 0.105. The van der Waals surface area contributed by atoms with Gasteiger partial charge in [0.2, 0.25) is 5.91 Å². The topological polar surface area (TPSA) is 118 Å². The highest BCUT2D eigenvalue weighted by molar-refractivity contribution is 7.99. The molecule has 26 heavy (non-hydrogen) atoms. The summed E-state index contributed by atoms with van der Waals surface area (Å²) in [6, 6.07) is 11.7. The Hall–Kier alpha value is -2.96. The Morgan fingerprint density at radius 3 is 2.81 bits per heavy atom. The van der Waals surface area contributed by atoms with Crippen molar-refractivity contribution in [2.75, 3.05) is 16.8 Å². The number of nitrogens with one attached hydrogen (secondary N) is 1. The van der Waals surface area contributed by atoms with Crippen molar-refractivity contribution in [3.05, 3.63) is 47.0 Å². The first-order valence-corrected chi connectivity index (χ1v) is 9.35. The average Bonchev–Trinajstić information content (AvgIpc) is 3.01. The number of anilines is 2. The molecule has 0 atom stereocenters. The van der Waals surface area contributed by atoms with E-state index in [1.165, 1.54) is 17.5 Å². The van der Waals surface area contributed by atoms with E-state index < -0.39 is 0 Å². The van der Waals surface area contributed by atoms with Crippen molar-refractivity contribution in [1.82, 2.24) is 15.0 Å². The van der Waals surface area contributed by atoms with Gasteiger partial charge in [0.15, 0.2) is 10.3 Å². The van der Waals surface area contributed by atoms with Crippen molar-refractivity contribution < 1.29 is 4.79 Å². The van der Waals surface area contributed by atoms with Gasteiger partial charge in [-0.25, -0.2) is 15.0 Å². The number of aromatic nitrogens is 3. The first-order chi connectivity index (χ1) is 12.6. The zero-order valence-corrected chi connectivity index (χ0v) is 15.4. The van der Waals surface area contributed by atoms with E-state index in [4.69, 9.17) is 11.0 Å². The average molecular weight is 382 g/mol. The van der Waals surface area contributed by atoms with E-state index in [1.807, 2.05) is 43.3 Å². The SMILES string of the molecule is Cc1sc(NC(=O)CSc2ncc(C#N)c(N)n2)nc1-c1ccccc1. The summed E-state index contributed by atoms with van der Waals surface area (Å²) in [6.07, 6.45) is 1.35. The number of nitrogen functional groups attached to an aromatic ring is 1. The highest BCUT2D eigenvalue weighted by Crippen LogP contribution is 2.30. The highest BCUT2D eigenvalue weighted by Gasteiger charge is 2.13. The molecule has 3 aromatic rings. The summed E-state index contributed by atoms with van der Waals surface area (Å²) in [6.45, 7) is 1.97. The van der Waals surface area contributed by atoms with Gasteiger partial charge < -0.3 is 11.1 Å². The van der Waals surface area contributed by atoms with Crippen molar-refractivity contribution in [3.63, 3.8) is 0 Å². The van der Waals surface area contributed by atoms with Crippen LogP contribution in [0.5, 0.6) is 0 Å². The zero-order chi connectivity index (χ0) is 18.5. The Labute approximate surface area is 158 Å². The summed E-state index contributed by atoms with van der Waals surface area (Å²) in [4.78, 5) is 25.7. The summed E-state index contributed by atoms with van der Waals surface area (Å²) >= 11 is 2.57. The standard InChI is InChI=1S/C17H14N6OS2/c1-10-14(11-5-3-2-4-6-11)22-17(26-10)21-13(24)9-25-16-20-8-12(7-18)15(19)23-16/h2-6,8H,9H2,1H3,(H2,19,20,23)(H,21,22,24). The molecule has 0 saturated carbocycles. The third kappa shape index (κ3) is 4.17. The van der Waals surface area contributed by atoms with Gasteiger partial charge in [0.1, 0.15) is 17.5 Å². The third-order valence-corrected chi connectivity index (χ3v) is 5.09. The second-order valence-corrected chi connectivity index (χ2v) is 7.34. The van der Waals surface area contributed by atoms with Crippen LogP contribution < -0.4 is 11.1 Å². The summed E-state index contributed by atoms with van der Waals surface area (Å²) < 4.78 is 0. The summed E-state index contributed by atoms with van der Waals surface area (Å²) in [5.41, 5.74) is 7.73. The van der Waals surface area contributed by atoms with Crippen molar-refractivity contribution in [2.45, 2.75) is 12.1 Å². The largest absolute Gasteiger partial charge is 0.382 e. The van der Waals surface area contributed by atoms with Crippen LogP contribution >= 0.6 is 23.1 Å². The van der Waals surface area contributed by atoms with Gasteiger partial charge in [-0.15, -0.1) is 11.3 Å². The Kier molecular flexibility index (Phi) is 5.46. The van der Waals surface area contributed by atoms with Crippen LogP contribution in [0, 0.1) is 18.3 Å². The van der Waals surface area contributed by atoms with E-state index in [-0.39, 0.29) is 23.0 Å². The summed E-state index contributed by atoms with van der Waals surface area (Å²) in [5.74, 6) is 0.00771. The molecular formula is C17H14N6OS2. The Morgan fingerprint density at radius 2 is 2.12 bits per heavy atom. The van der Waals surface area contributed by atoms with Crippen LogP contribution in [0.25, 0.3) is 11.3 Å². The molecule has 0 aliphatic rings. The number of thioether (sulfide) groups is 1. The van der Waals surface area contributed by atoms with Crippen molar-refractivity contribution in [2.24, 2.45) is 0 Å². The van der Waals surface area contributed by atoms with Gasteiger partial charge in [0, 0.05) is 10.4 Å². The molecule has 0 aliphatic carbocycles. The number of nitriles is 1. The van der Waals surface area contributed by atoms with Crippen molar-refractivity contribution >= 4 is 40.0 Å². The van der Waals surface area contributed by atoms with Crippen LogP contribution in [-0.4, -0.2) is 26.6 Å². The number of amides is 1. The monoisotopic (exact) mass is 382 g/mol. The predicted molar refractivity (Wildman–Crippen MR) is 103 cm³/mol. The molecule has 0 aliphatic heterocycles. The summed E-state index contributed by atoms with van der Waals surface area (Å²) in [7, 11) is 0. The van der Waals surface area contributed by atoms with Crippen molar-refractivity contribution in [1.29, 1.82) is 5.26 Å². The molecule has 0 radical (unpaired) electrons. The van der Waals surface area contributed by atoms with Gasteiger partial charge in [-0.1, -0.05) is 42.1 Å². The molecular weight excluding hydrogens is 368 g/mol. The lowest BCUT2D eigenvalue weighted by Gasteiger charge is -2.02. The molecule has 0 bridgehead atoms. The number of benzene rings is 1. The molecule has 3 rings (SSSR count). The predicted octanol–water partition coefficient (Wildman–Crippen LogP) is 3.09. The molecule has 7 nitrogen and oxygen atoms in total. The lowest BCUT2D eigenvalue weighted by molar-refractivity contribution is -0.113. The van der Waals surface area contributed by atoms with Crippen LogP contribution in [0.15, 0.2) is 41.7 Å². The third-order valence-electron chi connectivity index (χ3n) is 3.34. The van der Waals surface area contributed by atoms with Crippen LogP contribution in [0.1, 0.15) is 10.4 Å². The number of hydrogen-bond acceptors (Lipinski definition) is 8. The quantitative estimate of drug-likeness (QED) is 0.514. The van der Waals surface area contributed by atoms with E-state index in [0.717, 1.165) is 27.9 Å². The van der Waals surface area contributed by atoms with Gasteiger partial charge in [-0.2, -0.15) is 5.26 Å². The fraction of sp³-hybridized carbons (Fsp3) is 0.118. The Bertz CT molecular complexity index is 981. The van der Waals surface area contributed by atoms with Crippen LogP contribution in [0.3, 0.4) is 0 Å². The minimum Gasteiger partial charge on any atom is -0.382 e. The molecule has 1 amide bonds. The Morgan fingerprint density at radius 1 is 1.35 bits per heavy atom. The van der Waals surface area contributed by atoms with E-state index in [9.17, 15) is 4.79 Å². The number of hydrogen-bond donors (Lipinski definition) is 2. The van der Waals surface area contributed by atoms with E-state index in [1.54, 1.807) is 0 Å². The number of nitrogens with zero attached hydrogens (tertiary/aromatic N) is 4. The number of carbonyl (C=O) groups excluding carboxylic acids is 1. The first-order valence-electron chi connectivity index (χ1n) is 7.55. The van der Waals surface area contributed by atoms with Gasteiger partial charge in [0.25, 0.3) is 0 Å². The summed E-state index contributed by atoms with van der Waals surface area (Å²) in [5, 5.41) is 12.5. The van der Waals surface area contributed by atoms with Gasteiger partial charge >= 0.3 is 0 Å². The molecule has 130 valence electrons. The van der Waals surface area contributed by atoms with Crippen LogP contribution in [0.2, 0.25) is 0 Å². The van der Waals surface area contributed by atoms with Gasteiger partial charge in [-0.3, -0.25) is 4.79 Å². The fourth-order valence-corrected chi connectivity index (χ4v) is 3.61. The molecule has 0 unspecified atom stereocenters. The lowest BCUT2D eigenvalue weighted by Crippen LogP contribution is -2.14.